The third-order valence-electron chi connectivity index (χ3n) is 9.91. The highest BCUT2D eigenvalue weighted by Gasteiger charge is 2.32. The quantitative estimate of drug-likeness (QED) is 0.0426. The monoisotopic (exact) mass is 1010 g/mol. The van der Waals surface area contributed by atoms with E-state index < -0.39 is 0 Å². The summed E-state index contributed by atoms with van der Waals surface area (Å²) in [5.41, 5.74) is 6.41. The number of unbranched alkanes of at least 4 members (excludes halogenated alkanes) is 7. The summed E-state index contributed by atoms with van der Waals surface area (Å²) in [6.45, 7) is 1.30. The summed E-state index contributed by atoms with van der Waals surface area (Å²) in [6, 6.07) is 39.2. The lowest BCUT2D eigenvalue weighted by molar-refractivity contribution is -0.113. The van der Waals surface area contributed by atoms with Gasteiger partial charge in [-0.25, -0.2) is 0 Å². The number of amides is 1. The van der Waals surface area contributed by atoms with E-state index >= 15 is 0 Å². The van der Waals surface area contributed by atoms with Crippen LogP contribution in [0.5, 0.6) is 11.5 Å². The van der Waals surface area contributed by atoms with Crippen LogP contribution in [-0.4, -0.2) is 24.2 Å². The number of carbonyl (C=O) groups excluding carboxylic acids is 1. The fourth-order valence-corrected chi connectivity index (χ4v) is 8.61. The van der Waals surface area contributed by atoms with E-state index in [2.05, 4.69) is 111 Å². The zero-order valence-corrected chi connectivity index (χ0v) is 37.2. The molecule has 0 aromatic heterocycles. The van der Waals surface area contributed by atoms with Gasteiger partial charge in [-0.3, -0.25) is 4.79 Å². The lowest BCUT2D eigenvalue weighted by Gasteiger charge is -2.17. The predicted octanol–water partition coefficient (Wildman–Crippen LogP) is 15.6. The van der Waals surface area contributed by atoms with E-state index in [1.807, 2.05) is 95.9 Å². The molecule has 0 aliphatic carbocycles. The number of rotatable bonds is 17. The van der Waals surface area contributed by atoms with E-state index in [4.69, 9.17) is 4.74 Å². The van der Waals surface area contributed by atoms with Gasteiger partial charge in [-0.05, 0) is 157 Å². The molecule has 0 saturated heterocycles. The number of azo groups is 2. The number of hydrogen-bond acceptors (Lipinski definition) is 7. The van der Waals surface area contributed by atoms with Crippen LogP contribution in [0.4, 0.5) is 28.4 Å². The molecule has 1 amide bonds. The summed E-state index contributed by atoms with van der Waals surface area (Å²) in [6.07, 6.45) is 10.6. The fourth-order valence-electron chi connectivity index (χ4n) is 6.90. The lowest BCUT2D eigenvalue weighted by atomic mass is 10.0. The first kappa shape index (κ1) is 41.4. The first-order chi connectivity index (χ1) is 28.3. The Hall–Kier alpha value is -4.72. The molecular weight excluding hydrogens is 969 g/mol. The number of fused-ring (bicyclic) bond motifs is 2. The van der Waals surface area contributed by atoms with Crippen molar-refractivity contribution in [3.8, 4) is 11.5 Å². The molecular formula is C47H42Br2IN5O3. The van der Waals surface area contributed by atoms with E-state index in [0.717, 1.165) is 98.2 Å². The zero-order chi connectivity index (χ0) is 40.3. The van der Waals surface area contributed by atoms with Crippen LogP contribution < -0.4 is 9.64 Å². The van der Waals surface area contributed by atoms with Gasteiger partial charge in [0.05, 0.1) is 38.3 Å². The van der Waals surface area contributed by atoms with Crippen molar-refractivity contribution < 1.29 is 14.6 Å². The first-order valence-corrected chi connectivity index (χ1v) is 22.2. The largest absolute Gasteiger partial charge is 0.506 e. The Morgan fingerprint density at radius 1 is 0.655 bits per heavy atom. The number of nitrogens with zero attached hydrogens (tertiary/aromatic N) is 5. The van der Waals surface area contributed by atoms with Crippen molar-refractivity contribution in [2.75, 3.05) is 18.1 Å². The minimum Gasteiger partial charge on any atom is -0.506 e. The molecule has 1 aliphatic heterocycles. The maximum absolute atomic E-state index is 13.7. The Labute approximate surface area is 369 Å². The second-order valence-electron chi connectivity index (χ2n) is 14.1. The van der Waals surface area contributed by atoms with Gasteiger partial charge < -0.3 is 14.7 Å². The number of carbonyl (C=O) groups is 1. The van der Waals surface area contributed by atoms with Crippen molar-refractivity contribution in [1.29, 1.82) is 0 Å². The van der Waals surface area contributed by atoms with Crippen LogP contribution in [0.25, 0.3) is 22.4 Å². The normalized spacial score (nSPS) is 13.4. The number of phenols is 1. The average Bonchev–Trinajstić information content (AvgIpc) is 3.49. The Bertz CT molecular complexity index is 2450. The molecule has 0 saturated carbocycles. The maximum Gasteiger partial charge on any atom is 0.258 e. The van der Waals surface area contributed by atoms with Crippen LogP contribution in [0.3, 0.4) is 0 Å². The molecule has 6 aromatic carbocycles. The van der Waals surface area contributed by atoms with Crippen LogP contribution in [0, 0.1) is 3.57 Å². The SMILES string of the molecule is O=C1/C(=C/c2cc(Br)c(O)c(Br)c2)c2cc(I)ccc2N1CCCCCCCCCCOc1ccc2ccccc2c1N=Nc1ccc(N=Nc2ccccc2)cc1. The van der Waals surface area contributed by atoms with Crippen molar-refractivity contribution in [2.24, 2.45) is 20.5 Å². The van der Waals surface area contributed by atoms with E-state index in [0.29, 0.717) is 27.7 Å². The van der Waals surface area contributed by atoms with Gasteiger partial charge in [0.1, 0.15) is 17.2 Å². The number of hydrogen-bond donors (Lipinski definition) is 1. The first-order valence-electron chi connectivity index (χ1n) is 19.5. The molecule has 0 bridgehead atoms. The van der Waals surface area contributed by atoms with Gasteiger partial charge in [0.25, 0.3) is 5.91 Å². The molecule has 6 aromatic rings. The van der Waals surface area contributed by atoms with Gasteiger partial charge in [0, 0.05) is 26.6 Å². The topological polar surface area (TPSA) is 99.2 Å². The summed E-state index contributed by atoms with van der Waals surface area (Å²) in [7, 11) is 0. The molecule has 0 atom stereocenters. The molecule has 0 spiro atoms. The van der Waals surface area contributed by atoms with Crippen molar-refractivity contribution in [2.45, 2.75) is 51.4 Å². The smallest absolute Gasteiger partial charge is 0.258 e. The summed E-state index contributed by atoms with van der Waals surface area (Å²) in [4.78, 5) is 15.6. The number of anilines is 1. The fraction of sp³-hybridized carbons (Fsp3) is 0.213. The predicted molar refractivity (Wildman–Crippen MR) is 251 cm³/mol. The van der Waals surface area contributed by atoms with Crippen molar-refractivity contribution in [3.05, 3.63) is 145 Å². The van der Waals surface area contributed by atoms with Crippen molar-refractivity contribution >= 4 is 111 Å². The van der Waals surface area contributed by atoms with Gasteiger partial charge in [0.15, 0.2) is 0 Å². The Morgan fingerprint density at radius 2 is 1.26 bits per heavy atom. The van der Waals surface area contributed by atoms with Gasteiger partial charge >= 0.3 is 0 Å². The van der Waals surface area contributed by atoms with Gasteiger partial charge in [-0.15, -0.1) is 5.11 Å². The maximum atomic E-state index is 13.7. The van der Waals surface area contributed by atoms with Crippen LogP contribution >= 0.6 is 54.5 Å². The summed E-state index contributed by atoms with van der Waals surface area (Å²) in [5.74, 6) is 0.890. The second-order valence-corrected chi connectivity index (χ2v) is 17.0. The van der Waals surface area contributed by atoms with Gasteiger partial charge in [-0.2, -0.15) is 15.3 Å². The molecule has 1 heterocycles. The number of phenolic OH excluding ortho intramolecular Hbond substituents is 1. The van der Waals surface area contributed by atoms with Gasteiger partial charge in [-0.1, -0.05) is 87.1 Å². The molecule has 8 nitrogen and oxygen atoms in total. The number of ether oxygens (including phenoxy) is 1. The molecule has 294 valence electrons. The van der Waals surface area contributed by atoms with E-state index in [1.165, 1.54) is 12.8 Å². The summed E-state index contributed by atoms with van der Waals surface area (Å²) in [5, 5.41) is 30.1. The number of aromatic hydroxyl groups is 1. The molecule has 0 unspecified atom stereocenters. The summed E-state index contributed by atoms with van der Waals surface area (Å²) >= 11 is 9.11. The molecule has 1 aliphatic rings. The summed E-state index contributed by atoms with van der Waals surface area (Å²) < 4.78 is 8.53. The highest BCUT2D eigenvalue weighted by molar-refractivity contribution is 14.1. The Morgan fingerprint density at radius 3 is 1.97 bits per heavy atom. The van der Waals surface area contributed by atoms with Gasteiger partial charge in [0.2, 0.25) is 0 Å². The molecule has 11 heteroatoms. The number of benzene rings is 6. The van der Waals surface area contributed by atoms with E-state index in [9.17, 15) is 9.90 Å². The standard InChI is InChI=1S/C47H42Br2IN5O3/c48-41-29-32(30-42(49)46(41)56)28-40-39-31-34(50)19-24-43(39)55(47(40)57)26-12-5-3-1-2-4-6-13-27-58-44-25-18-33-14-10-11-17-38(33)45(44)54-53-37-22-20-36(21-23-37)52-51-35-15-8-7-9-16-35/h7-11,14-25,28-31,56H,1-6,12-13,26-27H2/b40-28+,52-51?,54-53?. The third kappa shape index (κ3) is 10.7. The molecule has 58 heavy (non-hydrogen) atoms. The molecule has 0 radical (unpaired) electrons. The minimum atomic E-state index is 0.0204. The van der Waals surface area contributed by atoms with Crippen LogP contribution in [0.2, 0.25) is 0 Å². The minimum absolute atomic E-state index is 0.0204. The van der Waals surface area contributed by atoms with Crippen molar-refractivity contribution in [1.82, 2.24) is 0 Å². The van der Waals surface area contributed by atoms with Crippen LogP contribution in [-0.2, 0) is 4.79 Å². The van der Waals surface area contributed by atoms with Crippen LogP contribution in [0.15, 0.2) is 151 Å². The highest BCUT2D eigenvalue weighted by atomic mass is 127. The average molecular weight is 1010 g/mol. The van der Waals surface area contributed by atoms with E-state index in [-0.39, 0.29) is 11.7 Å². The lowest BCUT2D eigenvalue weighted by Crippen LogP contribution is -2.27. The molecule has 7 rings (SSSR count). The molecule has 0 fully saturated rings. The van der Waals surface area contributed by atoms with Crippen LogP contribution in [0.1, 0.15) is 62.5 Å². The van der Waals surface area contributed by atoms with Crippen molar-refractivity contribution in [3.63, 3.8) is 0 Å². The number of halogens is 3. The molecule has 1 N–H and O–H groups in total. The Kier molecular flexibility index (Phi) is 14.5. The zero-order valence-electron chi connectivity index (χ0n) is 31.8. The highest BCUT2D eigenvalue weighted by Crippen LogP contribution is 2.41. The third-order valence-corrected chi connectivity index (χ3v) is 11.8. The second kappa shape index (κ2) is 20.3. The van der Waals surface area contributed by atoms with E-state index in [1.54, 1.807) is 0 Å². The Balaban J connectivity index is 0.846.